The summed E-state index contributed by atoms with van der Waals surface area (Å²) in [5.41, 5.74) is -2.33. The molecule has 0 aliphatic heterocycles. The third kappa shape index (κ3) is 5.47. The first-order valence-corrected chi connectivity index (χ1v) is 10.5. The third-order valence-corrected chi connectivity index (χ3v) is 6.89. The van der Waals surface area contributed by atoms with Gasteiger partial charge in [-0.2, -0.15) is 26.3 Å². The lowest BCUT2D eigenvalue weighted by Gasteiger charge is -2.14. The van der Waals surface area contributed by atoms with E-state index in [0.29, 0.717) is 0 Å². The van der Waals surface area contributed by atoms with Crippen molar-refractivity contribution < 1.29 is 34.8 Å². The summed E-state index contributed by atoms with van der Waals surface area (Å²) in [5, 5.41) is 0. The van der Waals surface area contributed by atoms with E-state index in [1.807, 2.05) is 0 Å². The van der Waals surface area contributed by atoms with Gasteiger partial charge in [0.1, 0.15) is 0 Å². The molecule has 2 aromatic rings. The van der Waals surface area contributed by atoms with Crippen LogP contribution in [-0.2, 0) is 33.7 Å². The Labute approximate surface area is 167 Å². The van der Waals surface area contributed by atoms with Crippen LogP contribution in [0.3, 0.4) is 0 Å². The summed E-state index contributed by atoms with van der Waals surface area (Å²) in [6, 6.07) is 6.14. The van der Waals surface area contributed by atoms with Crippen LogP contribution in [0.4, 0.5) is 26.3 Å². The molecule has 0 fully saturated rings. The molecule has 0 aromatic heterocycles. The SMILES string of the molecule is O=S(=O)(Cc1cccc(C(F)(F)F)c1Br)Cc1cccc(C(F)(F)F)c1Br. The van der Waals surface area contributed by atoms with E-state index in [0.717, 1.165) is 24.3 Å². The van der Waals surface area contributed by atoms with Gasteiger partial charge < -0.3 is 0 Å². The minimum absolute atomic E-state index is 0.132. The second-order valence-electron chi connectivity index (χ2n) is 5.59. The Kier molecular flexibility index (Phi) is 6.38. The van der Waals surface area contributed by atoms with Crippen LogP contribution in [0.2, 0.25) is 0 Å². The van der Waals surface area contributed by atoms with Gasteiger partial charge in [0.25, 0.3) is 0 Å². The molecule has 0 radical (unpaired) electrons. The van der Waals surface area contributed by atoms with Gasteiger partial charge in [-0.1, -0.05) is 24.3 Å². The lowest BCUT2D eigenvalue weighted by Crippen LogP contribution is -2.13. The standard InChI is InChI=1S/C16H10Br2F6O2S/c17-13-9(3-1-5-11(13)15(19,20)21)7-27(25,26)8-10-4-2-6-12(14(10)18)16(22,23)24/h1-6H,7-8H2. The molecule has 0 spiro atoms. The van der Waals surface area contributed by atoms with Gasteiger partial charge in [0.2, 0.25) is 0 Å². The average molecular weight is 540 g/mol. The van der Waals surface area contributed by atoms with Crippen molar-refractivity contribution in [3.63, 3.8) is 0 Å². The minimum Gasteiger partial charge on any atom is -0.228 e. The number of sulfone groups is 1. The number of hydrogen-bond acceptors (Lipinski definition) is 2. The second-order valence-corrected chi connectivity index (χ2v) is 9.24. The van der Waals surface area contributed by atoms with E-state index in [2.05, 4.69) is 31.9 Å². The number of rotatable bonds is 4. The van der Waals surface area contributed by atoms with Crippen molar-refractivity contribution in [1.82, 2.24) is 0 Å². The summed E-state index contributed by atoms with van der Waals surface area (Å²) in [6.45, 7) is 0. The van der Waals surface area contributed by atoms with Crippen LogP contribution < -0.4 is 0 Å². The highest BCUT2D eigenvalue weighted by atomic mass is 79.9. The van der Waals surface area contributed by atoms with Crippen LogP contribution in [0.5, 0.6) is 0 Å². The predicted octanol–water partition coefficient (Wildman–Crippen LogP) is 6.36. The summed E-state index contributed by atoms with van der Waals surface area (Å²) < 4.78 is 102. The zero-order valence-electron chi connectivity index (χ0n) is 13.1. The Hall–Kier alpha value is -1.07. The monoisotopic (exact) mass is 538 g/mol. The van der Waals surface area contributed by atoms with Crippen LogP contribution >= 0.6 is 31.9 Å². The first-order valence-electron chi connectivity index (χ1n) is 7.12. The highest BCUT2D eigenvalue weighted by Gasteiger charge is 2.35. The topological polar surface area (TPSA) is 34.1 Å². The summed E-state index contributed by atoms with van der Waals surface area (Å²) in [7, 11) is -4.05. The van der Waals surface area contributed by atoms with Crippen LogP contribution in [0.15, 0.2) is 45.3 Å². The van der Waals surface area contributed by atoms with E-state index in [9.17, 15) is 34.8 Å². The highest BCUT2D eigenvalue weighted by molar-refractivity contribution is 9.11. The van der Waals surface area contributed by atoms with Gasteiger partial charge in [-0.25, -0.2) is 8.42 Å². The summed E-state index contributed by atoms with van der Waals surface area (Å²) in [6.07, 6.45) is -9.36. The molecule has 0 aliphatic rings. The van der Waals surface area contributed by atoms with Crippen LogP contribution in [0.25, 0.3) is 0 Å². The molecule has 2 rings (SSSR count). The summed E-state index contributed by atoms with van der Waals surface area (Å²) in [4.78, 5) is 0. The molecular weight excluding hydrogens is 530 g/mol. The first-order chi connectivity index (χ1) is 12.2. The quantitative estimate of drug-likeness (QED) is 0.423. The van der Waals surface area contributed by atoms with Crippen molar-refractivity contribution in [3.8, 4) is 0 Å². The Morgan fingerprint density at radius 3 is 1.33 bits per heavy atom. The van der Waals surface area contributed by atoms with E-state index < -0.39 is 53.8 Å². The largest absolute Gasteiger partial charge is 0.417 e. The third-order valence-electron chi connectivity index (χ3n) is 3.52. The smallest absolute Gasteiger partial charge is 0.228 e. The first kappa shape index (κ1) is 22.2. The molecule has 0 saturated heterocycles. The maximum atomic E-state index is 12.9. The molecule has 11 heteroatoms. The van der Waals surface area contributed by atoms with E-state index in [1.54, 1.807) is 0 Å². The van der Waals surface area contributed by atoms with Crippen molar-refractivity contribution in [3.05, 3.63) is 67.6 Å². The van der Waals surface area contributed by atoms with Crippen LogP contribution in [-0.4, -0.2) is 8.42 Å². The van der Waals surface area contributed by atoms with Crippen molar-refractivity contribution >= 4 is 41.7 Å². The minimum atomic E-state index is -4.68. The molecule has 0 aliphatic carbocycles. The predicted molar refractivity (Wildman–Crippen MR) is 94.6 cm³/mol. The molecule has 0 unspecified atom stereocenters. The van der Waals surface area contributed by atoms with E-state index in [1.165, 1.54) is 12.1 Å². The van der Waals surface area contributed by atoms with Crippen molar-refractivity contribution in [2.24, 2.45) is 0 Å². The molecule has 2 aromatic carbocycles. The van der Waals surface area contributed by atoms with Crippen LogP contribution in [0, 0.1) is 0 Å². The van der Waals surface area contributed by atoms with E-state index in [4.69, 9.17) is 0 Å². The summed E-state index contributed by atoms with van der Waals surface area (Å²) >= 11 is 5.53. The van der Waals surface area contributed by atoms with Gasteiger partial charge in [0, 0.05) is 8.95 Å². The molecule has 2 nitrogen and oxygen atoms in total. The van der Waals surface area contributed by atoms with E-state index in [-0.39, 0.29) is 11.1 Å². The average Bonchev–Trinajstić information content (AvgIpc) is 2.48. The number of benzene rings is 2. The maximum absolute atomic E-state index is 12.9. The second kappa shape index (κ2) is 7.75. The van der Waals surface area contributed by atoms with Crippen molar-refractivity contribution in [2.75, 3.05) is 0 Å². The van der Waals surface area contributed by atoms with Gasteiger partial charge in [-0.3, -0.25) is 0 Å². The Balaban J connectivity index is 2.35. The number of halogens is 8. The van der Waals surface area contributed by atoms with Crippen molar-refractivity contribution in [1.29, 1.82) is 0 Å². The molecule has 0 saturated carbocycles. The zero-order valence-corrected chi connectivity index (χ0v) is 17.1. The highest BCUT2D eigenvalue weighted by Crippen LogP contribution is 2.39. The normalized spacial score (nSPS) is 13.0. The molecule has 0 atom stereocenters. The number of hydrogen-bond donors (Lipinski definition) is 0. The maximum Gasteiger partial charge on any atom is 0.417 e. The lowest BCUT2D eigenvalue weighted by molar-refractivity contribution is -0.139. The fourth-order valence-electron chi connectivity index (χ4n) is 2.35. The summed E-state index contributed by atoms with van der Waals surface area (Å²) in [5.74, 6) is -1.53. The van der Waals surface area contributed by atoms with Gasteiger partial charge in [-0.05, 0) is 55.1 Å². The lowest BCUT2D eigenvalue weighted by atomic mass is 10.1. The van der Waals surface area contributed by atoms with Gasteiger partial charge in [0.05, 0.1) is 22.6 Å². The molecule has 0 amide bonds. The van der Waals surface area contributed by atoms with Gasteiger partial charge in [0.15, 0.2) is 9.84 Å². The Bertz CT molecular complexity index is 881. The molecule has 0 N–H and O–H groups in total. The Morgan fingerprint density at radius 2 is 1.04 bits per heavy atom. The molecule has 0 heterocycles. The molecule has 0 bridgehead atoms. The van der Waals surface area contributed by atoms with Gasteiger partial charge >= 0.3 is 12.4 Å². The van der Waals surface area contributed by atoms with Gasteiger partial charge in [-0.15, -0.1) is 0 Å². The Morgan fingerprint density at radius 1 is 0.704 bits per heavy atom. The molecular formula is C16H10Br2F6O2S. The van der Waals surface area contributed by atoms with Crippen molar-refractivity contribution in [2.45, 2.75) is 23.9 Å². The zero-order chi connectivity index (χ0) is 20.6. The fraction of sp³-hybridized carbons (Fsp3) is 0.250. The van der Waals surface area contributed by atoms with Crippen LogP contribution in [0.1, 0.15) is 22.3 Å². The number of alkyl halides is 6. The van der Waals surface area contributed by atoms with E-state index >= 15 is 0 Å². The molecule has 148 valence electrons. The fourth-order valence-corrected chi connectivity index (χ4v) is 5.51. The molecule has 27 heavy (non-hydrogen) atoms.